The number of carbonyl (C=O) groups is 2. The molecular formula is C17H18ClN3O2S. The number of carbonyl (C=O) groups excluding carboxylic acids is 2. The summed E-state index contributed by atoms with van der Waals surface area (Å²) in [7, 11) is 0. The minimum absolute atomic E-state index is 0.0513. The van der Waals surface area contributed by atoms with E-state index in [1.807, 2.05) is 38.1 Å². The van der Waals surface area contributed by atoms with Crippen LogP contribution in [0.4, 0.5) is 5.69 Å². The number of benzene rings is 1. The summed E-state index contributed by atoms with van der Waals surface area (Å²) < 4.78 is 0.550. The first-order valence-corrected chi connectivity index (χ1v) is 8.57. The highest BCUT2D eigenvalue weighted by atomic mass is 35.5. The molecule has 0 saturated heterocycles. The van der Waals surface area contributed by atoms with Gasteiger partial charge in [-0.3, -0.25) is 9.59 Å². The number of rotatable bonds is 5. The second-order valence-corrected chi connectivity index (χ2v) is 7.18. The lowest BCUT2D eigenvalue weighted by Crippen LogP contribution is -2.19. The van der Waals surface area contributed by atoms with Crippen LogP contribution in [0.25, 0.3) is 0 Å². The van der Waals surface area contributed by atoms with E-state index in [1.165, 1.54) is 11.3 Å². The third kappa shape index (κ3) is 4.91. The highest BCUT2D eigenvalue weighted by Gasteiger charge is 2.09. The average molecular weight is 364 g/mol. The van der Waals surface area contributed by atoms with E-state index in [-0.39, 0.29) is 17.7 Å². The maximum Gasteiger partial charge on any atom is 0.281 e. The van der Waals surface area contributed by atoms with Crippen molar-refractivity contribution in [3.05, 3.63) is 51.2 Å². The molecule has 24 heavy (non-hydrogen) atoms. The Morgan fingerprint density at radius 2 is 1.96 bits per heavy atom. The summed E-state index contributed by atoms with van der Waals surface area (Å²) in [6, 6.07) is 10.6. The van der Waals surface area contributed by atoms with Gasteiger partial charge >= 0.3 is 0 Å². The quantitative estimate of drug-likeness (QED) is 0.618. The topological polar surface area (TPSA) is 70.6 Å². The second-order valence-electron chi connectivity index (χ2n) is 5.47. The highest BCUT2D eigenvalue weighted by molar-refractivity contribution is 7.17. The van der Waals surface area contributed by atoms with Crippen LogP contribution < -0.4 is 10.7 Å². The molecule has 0 fully saturated rings. The molecule has 1 aromatic heterocycles. The summed E-state index contributed by atoms with van der Waals surface area (Å²) in [6.07, 6.45) is 0. The lowest BCUT2D eigenvalue weighted by molar-refractivity contribution is -0.118. The first-order valence-electron chi connectivity index (χ1n) is 7.38. The van der Waals surface area contributed by atoms with Gasteiger partial charge in [-0.15, -0.1) is 11.3 Å². The van der Waals surface area contributed by atoms with Gasteiger partial charge in [0.25, 0.3) is 5.91 Å². The molecule has 0 saturated carbocycles. The Balaban J connectivity index is 2.07. The Labute approximate surface area is 149 Å². The Morgan fingerprint density at radius 3 is 2.58 bits per heavy atom. The number of anilines is 1. The molecule has 1 aromatic carbocycles. The lowest BCUT2D eigenvalue weighted by Gasteiger charge is -2.09. The normalized spacial score (nSPS) is 11.5. The smallest absolute Gasteiger partial charge is 0.281 e. The molecule has 0 aliphatic rings. The van der Waals surface area contributed by atoms with E-state index in [1.54, 1.807) is 19.1 Å². The van der Waals surface area contributed by atoms with Crippen molar-refractivity contribution in [1.29, 1.82) is 0 Å². The number of hydrogen-bond acceptors (Lipinski definition) is 4. The molecule has 7 heteroatoms. The van der Waals surface area contributed by atoms with Gasteiger partial charge in [-0.05, 0) is 36.8 Å². The summed E-state index contributed by atoms with van der Waals surface area (Å²) in [5, 5.41) is 6.94. The number of halogens is 1. The molecule has 0 radical (unpaired) electrons. The maximum absolute atomic E-state index is 12.0. The number of hydrazone groups is 1. The van der Waals surface area contributed by atoms with Crippen molar-refractivity contribution in [2.75, 3.05) is 5.32 Å². The number of nitrogens with one attached hydrogen (secondary N) is 2. The molecule has 1 heterocycles. The number of hydrogen-bond donors (Lipinski definition) is 2. The summed E-state index contributed by atoms with van der Waals surface area (Å²) in [6.45, 7) is 5.45. The van der Waals surface area contributed by atoms with Crippen LogP contribution in [-0.4, -0.2) is 17.5 Å². The molecule has 2 amide bonds. The van der Waals surface area contributed by atoms with E-state index >= 15 is 0 Å². The van der Waals surface area contributed by atoms with Crippen molar-refractivity contribution in [3.63, 3.8) is 0 Å². The number of thiophene rings is 1. The van der Waals surface area contributed by atoms with Crippen LogP contribution in [0.5, 0.6) is 0 Å². The SMILES string of the molecule is C/C(=N/NC(=O)c1ccc(Cl)s1)c1cccc(NC(=O)C(C)C)c1. The fraction of sp³-hybridized carbons (Fsp3) is 0.235. The van der Waals surface area contributed by atoms with E-state index in [2.05, 4.69) is 15.8 Å². The van der Waals surface area contributed by atoms with Crippen molar-refractivity contribution >= 4 is 46.2 Å². The van der Waals surface area contributed by atoms with Gasteiger partial charge in [0.2, 0.25) is 5.91 Å². The first kappa shape index (κ1) is 18.2. The Morgan fingerprint density at radius 1 is 1.21 bits per heavy atom. The van der Waals surface area contributed by atoms with Crippen LogP contribution in [0.15, 0.2) is 41.5 Å². The molecular weight excluding hydrogens is 346 g/mol. The van der Waals surface area contributed by atoms with Crippen LogP contribution in [0, 0.1) is 5.92 Å². The molecule has 0 aliphatic heterocycles. The predicted octanol–water partition coefficient (Wildman–Crippen LogP) is 4.15. The van der Waals surface area contributed by atoms with E-state index in [0.29, 0.717) is 20.6 Å². The van der Waals surface area contributed by atoms with Gasteiger partial charge in [-0.2, -0.15) is 5.10 Å². The highest BCUT2D eigenvalue weighted by Crippen LogP contribution is 2.21. The van der Waals surface area contributed by atoms with Crippen LogP contribution in [-0.2, 0) is 4.79 Å². The summed E-state index contributed by atoms with van der Waals surface area (Å²) in [5.74, 6) is -0.458. The Kier molecular flexibility index (Phi) is 6.11. The zero-order chi connectivity index (χ0) is 17.7. The summed E-state index contributed by atoms with van der Waals surface area (Å²) in [5.41, 5.74) is 4.63. The number of nitrogens with zero attached hydrogens (tertiary/aromatic N) is 1. The third-order valence-corrected chi connectivity index (χ3v) is 4.42. The van der Waals surface area contributed by atoms with Gasteiger partial charge in [0.05, 0.1) is 14.9 Å². The van der Waals surface area contributed by atoms with Crippen LogP contribution in [0.3, 0.4) is 0 Å². The van der Waals surface area contributed by atoms with Crippen LogP contribution >= 0.6 is 22.9 Å². The molecule has 0 atom stereocenters. The van der Waals surface area contributed by atoms with E-state index < -0.39 is 0 Å². The van der Waals surface area contributed by atoms with Crippen LogP contribution in [0.2, 0.25) is 4.34 Å². The first-order chi connectivity index (χ1) is 11.4. The average Bonchev–Trinajstić information content (AvgIpc) is 2.99. The molecule has 126 valence electrons. The zero-order valence-corrected chi connectivity index (χ0v) is 15.2. The van der Waals surface area contributed by atoms with Crippen molar-refractivity contribution in [2.24, 2.45) is 11.0 Å². The Hall–Kier alpha value is -2.18. The fourth-order valence-corrected chi connectivity index (χ4v) is 2.73. The molecule has 0 unspecified atom stereocenters. The predicted molar refractivity (Wildman–Crippen MR) is 98.9 cm³/mol. The molecule has 5 nitrogen and oxygen atoms in total. The van der Waals surface area contributed by atoms with Gasteiger partial charge in [-0.25, -0.2) is 5.43 Å². The van der Waals surface area contributed by atoms with Gasteiger partial charge < -0.3 is 5.32 Å². The monoisotopic (exact) mass is 363 g/mol. The molecule has 0 aliphatic carbocycles. The largest absolute Gasteiger partial charge is 0.326 e. The second kappa shape index (κ2) is 8.08. The summed E-state index contributed by atoms with van der Waals surface area (Å²) >= 11 is 7.00. The lowest BCUT2D eigenvalue weighted by atomic mass is 10.1. The molecule has 2 N–H and O–H groups in total. The van der Waals surface area contributed by atoms with Crippen molar-refractivity contribution in [3.8, 4) is 0 Å². The molecule has 0 spiro atoms. The van der Waals surface area contributed by atoms with Gasteiger partial charge in [0.1, 0.15) is 0 Å². The zero-order valence-electron chi connectivity index (χ0n) is 13.6. The van der Waals surface area contributed by atoms with Crippen molar-refractivity contribution in [2.45, 2.75) is 20.8 Å². The maximum atomic E-state index is 12.0. The van der Waals surface area contributed by atoms with Crippen molar-refractivity contribution in [1.82, 2.24) is 5.43 Å². The van der Waals surface area contributed by atoms with Gasteiger partial charge in [-0.1, -0.05) is 37.6 Å². The van der Waals surface area contributed by atoms with Crippen molar-refractivity contribution < 1.29 is 9.59 Å². The van der Waals surface area contributed by atoms with Gasteiger partial charge in [0, 0.05) is 11.6 Å². The summed E-state index contributed by atoms with van der Waals surface area (Å²) in [4.78, 5) is 24.2. The van der Waals surface area contributed by atoms with E-state index in [4.69, 9.17) is 11.6 Å². The molecule has 2 aromatic rings. The standard InChI is InChI=1S/C17H18ClN3O2S/c1-10(2)16(22)19-13-6-4-5-12(9-13)11(3)20-21-17(23)14-7-8-15(18)24-14/h4-10H,1-3H3,(H,19,22)(H,21,23)/b20-11-. The third-order valence-electron chi connectivity index (χ3n) is 3.19. The minimum Gasteiger partial charge on any atom is -0.326 e. The van der Waals surface area contributed by atoms with E-state index in [9.17, 15) is 9.59 Å². The van der Waals surface area contributed by atoms with Gasteiger partial charge in [0.15, 0.2) is 0 Å². The Bertz CT molecular complexity index is 784. The fourth-order valence-electron chi connectivity index (χ4n) is 1.80. The number of amides is 2. The minimum atomic E-state index is -0.310. The van der Waals surface area contributed by atoms with Crippen LogP contribution in [0.1, 0.15) is 36.0 Å². The molecule has 2 rings (SSSR count). The van der Waals surface area contributed by atoms with E-state index in [0.717, 1.165) is 5.56 Å². The molecule has 0 bridgehead atoms.